The van der Waals surface area contributed by atoms with E-state index < -0.39 is 20.5 Å². The van der Waals surface area contributed by atoms with Gasteiger partial charge in [-0.1, -0.05) is 47.5 Å². The third-order valence-electron chi connectivity index (χ3n) is 4.20. The average molecular weight is 301 g/mol. The van der Waals surface area contributed by atoms with Gasteiger partial charge in [-0.15, -0.1) is 6.42 Å². The summed E-state index contributed by atoms with van der Waals surface area (Å²) in [5.74, 6) is 2.26. The topological polar surface area (TPSA) is 49.7 Å². The summed E-state index contributed by atoms with van der Waals surface area (Å²) in [5, 5.41) is 19.3. The van der Waals surface area contributed by atoms with Gasteiger partial charge in [0.25, 0.3) is 0 Å². The van der Waals surface area contributed by atoms with Crippen molar-refractivity contribution in [2.75, 3.05) is 6.61 Å². The zero-order chi connectivity index (χ0) is 15.9. The van der Waals surface area contributed by atoms with Crippen LogP contribution in [0.3, 0.4) is 0 Å². The highest BCUT2D eigenvalue weighted by atomic mass is 28.4. The van der Waals surface area contributed by atoms with Gasteiger partial charge in [-0.2, -0.15) is 0 Å². The van der Waals surface area contributed by atoms with Gasteiger partial charge in [-0.05, 0) is 29.5 Å². The Hall–Kier alpha value is -0.343. The van der Waals surface area contributed by atoms with Gasteiger partial charge in [0.2, 0.25) is 0 Å². The van der Waals surface area contributed by atoms with Crippen molar-refractivity contribution in [1.82, 2.24) is 0 Å². The Morgan fingerprint density at radius 1 is 0.950 bits per heavy atom. The molecule has 0 aliphatic heterocycles. The van der Waals surface area contributed by atoms with Crippen LogP contribution in [0.1, 0.15) is 54.4 Å². The van der Waals surface area contributed by atoms with Crippen LogP contribution in [0.5, 0.6) is 0 Å². The van der Waals surface area contributed by atoms with E-state index in [9.17, 15) is 10.2 Å². The molecule has 2 unspecified atom stereocenters. The first kappa shape index (κ1) is 19.7. The Labute approximate surface area is 125 Å². The Morgan fingerprint density at radius 2 is 1.40 bits per heavy atom. The first-order valence-electron chi connectivity index (χ1n) is 7.64. The summed E-state index contributed by atoms with van der Waals surface area (Å²) in [6, 6.07) is 0. The summed E-state index contributed by atoms with van der Waals surface area (Å²) in [6.45, 7) is 13.7. The van der Waals surface area contributed by atoms with E-state index in [0.29, 0.717) is 36.1 Å². The molecule has 0 bridgehead atoms. The molecular formula is C16H32O3Si. The molecule has 2 N–H and O–H groups in total. The molecule has 0 aliphatic carbocycles. The minimum atomic E-state index is -1.92. The van der Waals surface area contributed by atoms with Crippen LogP contribution in [-0.4, -0.2) is 37.3 Å². The molecule has 0 aromatic carbocycles. The number of aliphatic hydroxyl groups is 2. The van der Waals surface area contributed by atoms with E-state index in [2.05, 4.69) is 47.5 Å². The maximum Gasteiger partial charge on any atom is 0.200 e. The normalized spacial score (nSPS) is 15.7. The molecular weight excluding hydrogens is 268 g/mol. The van der Waals surface area contributed by atoms with Crippen LogP contribution in [0, 0.1) is 12.3 Å². The van der Waals surface area contributed by atoms with Crippen LogP contribution >= 0.6 is 0 Å². The van der Waals surface area contributed by atoms with E-state index in [4.69, 9.17) is 10.8 Å². The Bertz CT molecular complexity index is 286. The van der Waals surface area contributed by atoms with Gasteiger partial charge in [0, 0.05) is 0 Å². The summed E-state index contributed by atoms with van der Waals surface area (Å²) < 4.78 is 6.30. The second-order valence-corrected chi connectivity index (χ2v) is 12.0. The monoisotopic (exact) mass is 300 g/mol. The highest BCUT2D eigenvalue weighted by molar-refractivity contribution is 6.77. The molecule has 0 saturated carbocycles. The first-order chi connectivity index (χ1) is 9.18. The number of hydrogen-bond acceptors (Lipinski definition) is 3. The molecule has 0 aliphatic rings. The van der Waals surface area contributed by atoms with Crippen molar-refractivity contribution in [1.29, 1.82) is 0 Å². The lowest BCUT2D eigenvalue weighted by atomic mass is 10.1. The number of terminal acetylenes is 1. The SMILES string of the molecule is C#CC(O)CCC(O)CO[Si](C(C)C)(C(C)C)C(C)C. The largest absolute Gasteiger partial charge is 0.413 e. The highest BCUT2D eigenvalue weighted by Gasteiger charge is 2.45. The van der Waals surface area contributed by atoms with E-state index >= 15 is 0 Å². The molecule has 20 heavy (non-hydrogen) atoms. The van der Waals surface area contributed by atoms with Crippen molar-refractivity contribution in [3.05, 3.63) is 0 Å². The molecule has 0 radical (unpaired) electrons. The third kappa shape index (κ3) is 5.21. The summed E-state index contributed by atoms with van der Waals surface area (Å²) in [7, 11) is -1.92. The maximum absolute atomic E-state index is 10.0. The lowest BCUT2D eigenvalue weighted by Gasteiger charge is -2.42. The number of hydrogen-bond donors (Lipinski definition) is 2. The third-order valence-corrected chi connectivity index (χ3v) is 10.3. The van der Waals surface area contributed by atoms with Crippen molar-refractivity contribution in [2.45, 2.75) is 83.2 Å². The van der Waals surface area contributed by atoms with Gasteiger partial charge < -0.3 is 14.6 Å². The van der Waals surface area contributed by atoms with Crippen LogP contribution in [0.2, 0.25) is 16.6 Å². The Kier molecular flexibility index (Phi) is 8.68. The van der Waals surface area contributed by atoms with Crippen molar-refractivity contribution >= 4 is 8.32 Å². The van der Waals surface area contributed by atoms with E-state index in [1.165, 1.54) is 0 Å². The molecule has 0 amide bonds. The molecule has 0 heterocycles. The smallest absolute Gasteiger partial charge is 0.200 e. The van der Waals surface area contributed by atoms with Crippen molar-refractivity contribution in [3.63, 3.8) is 0 Å². The fourth-order valence-electron chi connectivity index (χ4n) is 3.26. The quantitative estimate of drug-likeness (QED) is 0.507. The lowest BCUT2D eigenvalue weighted by Crippen LogP contribution is -2.49. The number of aliphatic hydroxyl groups excluding tert-OH is 2. The van der Waals surface area contributed by atoms with Gasteiger partial charge in [0.15, 0.2) is 8.32 Å². The van der Waals surface area contributed by atoms with Crippen molar-refractivity contribution in [3.8, 4) is 12.3 Å². The second kappa shape index (κ2) is 8.84. The summed E-state index contributed by atoms with van der Waals surface area (Å²) >= 11 is 0. The van der Waals surface area contributed by atoms with Gasteiger partial charge in [-0.25, -0.2) is 0 Å². The summed E-state index contributed by atoms with van der Waals surface area (Å²) in [4.78, 5) is 0. The highest BCUT2D eigenvalue weighted by Crippen LogP contribution is 2.42. The van der Waals surface area contributed by atoms with E-state index in [1.54, 1.807) is 0 Å². The maximum atomic E-state index is 10.0. The van der Waals surface area contributed by atoms with E-state index in [-0.39, 0.29) is 0 Å². The molecule has 3 nitrogen and oxygen atoms in total. The predicted molar refractivity (Wildman–Crippen MR) is 87.1 cm³/mol. The van der Waals surface area contributed by atoms with Gasteiger partial charge in [0.1, 0.15) is 6.10 Å². The van der Waals surface area contributed by atoms with Gasteiger partial charge in [0.05, 0.1) is 12.7 Å². The standard InChI is InChI=1S/C16H32O3Si/c1-8-15(17)9-10-16(18)11-19-20(12(2)3,13(4)5)14(6)7/h1,12-18H,9-11H2,2-7H3. The van der Waals surface area contributed by atoms with Crippen LogP contribution in [-0.2, 0) is 4.43 Å². The molecule has 0 rings (SSSR count). The molecule has 0 saturated heterocycles. The van der Waals surface area contributed by atoms with Crippen molar-refractivity contribution in [2.24, 2.45) is 0 Å². The van der Waals surface area contributed by atoms with Crippen molar-refractivity contribution < 1.29 is 14.6 Å². The minimum Gasteiger partial charge on any atom is -0.413 e. The second-order valence-electron chi connectivity index (χ2n) is 6.54. The molecule has 0 fully saturated rings. The minimum absolute atomic E-state index is 0.345. The molecule has 4 heteroatoms. The van der Waals surface area contributed by atoms with E-state index in [0.717, 1.165) is 0 Å². The van der Waals surface area contributed by atoms with Crippen LogP contribution in [0.25, 0.3) is 0 Å². The molecule has 0 aromatic rings. The predicted octanol–water partition coefficient (Wildman–Crippen LogP) is 3.31. The zero-order valence-corrected chi connectivity index (χ0v) is 14.9. The first-order valence-corrected chi connectivity index (χ1v) is 9.78. The van der Waals surface area contributed by atoms with Crippen LogP contribution in [0.4, 0.5) is 0 Å². The van der Waals surface area contributed by atoms with Gasteiger partial charge in [-0.3, -0.25) is 0 Å². The number of rotatable bonds is 9. The Balaban J connectivity index is 4.59. The van der Waals surface area contributed by atoms with Crippen LogP contribution < -0.4 is 0 Å². The fourth-order valence-corrected chi connectivity index (χ4v) is 8.74. The zero-order valence-electron chi connectivity index (χ0n) is 13.9. The molecule has 0 aromatic heterocycles. The summed E-state index contributed by atoms with van der Waals surface area (Å²) in [5.41, 5.74) is 1.52. The lowest BCUT2D eigenvalue weighted by molar-refractivity contribution is 0.0786. The molecule has 0 spiro atoms. The fraction of sp³-hybridized carbons (Fsp3) is 0.875. The average Bonchev–Trinajstić information content (AvgIpc) is 2.35. The summed E-state index contributed by atoms with van der Waals surface area (Å²) in [6.07, 6.45) is 4.68. The molecule has 118 valence electrons. The van der Waals surface area contributed by atoms with Gasteiger partial charge >= 0.3 is 0 Å². The van der Waals surface area contributed by atoms with Crippen LogP contribution in [0.15, 0.2) is 0 Å². The van der Waals surface area contributed by atoms with E-state index in [1.807, 2.05) is 0 Å². The molecule has 2 atom stereocenters. The Morgan fingerprint density at radius 3 is 1.75 bits per heavy atom.